The fourth-order valence-electron chi connectivity index (χ4n) is 1.66. The summed E-state index contributed by atoms with van der Waals surface area (Å²) in [6.07, 6.45) is 0.666. The Morgan fingerprint density at radius 3 is 2.46 bits per heavy atom. The number of aliphatic hydroxyl groups excluding tert-OH is 1. The van der Waals surface area contributed by atoms with Gasteiger partial charge >= 0.3 is 0 Å². The topological polar surface area (TPSA) is 32.3 Å². The highest BCUT2D eigenvalue weighted by Gasteiger charge is 2.22. The van der Waals surface area contributed by atoms with E-state index in [0.717, 1.165) is 13.0 Å². The van der Waals surface area contributed by atoms with Crippen molar-refractivity contribution in [2.24, 2.45) is 0 Å². The molecular weight excluding hydrogens is 186 g/mol. The van der Waals surface area contributed by atoms with E-state index in [1.54, 1.807) is 0 Å². The summed E-state index contributed by atoms with van der Waals surface area (Å²) >= 11 is 0. The highest BCUT2D eigenvalue weighted by atomic mass is 35.5. The van der Waals surface area contributed by atoms with Crippen LogP contribution in [0.2, 0.25) is 0 Å². The normalized spacial score (nSPS) is 26.8. The number of halogens is 1. The van der Waals surface area contributed by atoms with E-state index in [0.29, 0.717) is 6.04 Å². The molecule has 1 heterocycles. The lowest BCUT2D eigenvalue weighted by Gasteiger charge is -2.08. The Balaban J connectivity index is 0.000000845. The number of benzene rings is 1. The molecule has 1 fully saturated rings. The number of β-amino-alcohol motifs (C(OH)–C–C–N with tert-alkyl or cyclic N) is 1. The van der Waals surface area contributed by atoms with Crippen LogP contribution in [0.5, 0.6) is 0 Å². The lowest BCUT2D eigenvalue weighted by Crippen LogP contribution is -2.14. The van der Waals surface area contributed by atoms with E-state index in [9.17, 15) is 5.11 Å². The molecule has 2 N–H and O–H groups in total. The van der Waals surface area contributed by atoms with Gasteiger partial charge in [0.25, 0.3) is 0 Å². The van der Waals surface area contributed by atoms with Gasteiger partial charge in [-0.25, -0.2) is 0 Å². The molecule has 0 unspecified atom stereocenters. The van der Waals surface area contributed by atoms with Gasteiger partial charge in [0, 0.05) is 12.6 Å². The van der Waals surface area contributed by atoms with Gasteiger partial charge in [0.05, 0.1) is 6.10 Å². The van der Waals surface area contributed by atoms with Crippen molar-refractivity contribution in [1.82, 2.24) is 5.32 Å². The summed E-state index contributed by atoms with van der Waals surface area (Å²) in [6.45, 7) is 0.722. The van der Waals surface area contributed by atoms with Crippen LogP contribution in [0.1, 0.15) is 18.0 Å². The molecule has 1 aromatic carbocycles. The first-order valence-electron chi connectivity index (χ1n) is 4.32. The number of hydrogen-bond acceptors (Lipinski definition) is 2. The average Bonchev–Trinajstić information content (AvgIpc) is 2.54. The van der Waals surface area contributed by atoms with Crippen molar-refractivity contribution >= 4 is 12.4 Å². The maximum Gasteiger partial charge on any atom is 0.0682 e. The molecule has 0 spiro atoms. The van der Waals surface area contributed by atoms with Crippen LogP contribution in [0.4, 0.5) is 0 Å². The van der Waals surface area contributed by atoms with Crippen molar-refractivity contribution < 1.29 is 5.11 Å². The SMILES string of the molecule is Cl.O[C@H]1CN[C@@H](c2ccccc2)C1. The van der Waals surface area contributed by atoms with Gasteiger partial charge in [-0.05, 0) is 12.0 Å². The summed E-state index contributed by atoms with van der Waals surface area (Å²) in [5.41, 5.74) is 1.27. The van der Waals surface area contributed by atoms with Gasteiger partial charge in [0.1, 0.15) is 0 Å². The van der Waals surface area contributed by atoms with Gasteiger partial charge in [-0.15, -0.1) is 12.4 Å². The molecule has 0 radical (unpaired) electrons. The van der Waals surface area contributed by atoms with Crippen molar-refractivity contribution in [2.75, 3.05) is 6.54 Å². The first-order valence-corrected chi connectivity index (χ1v) is 4.32. The molecule has 3 heteroatoms. The minimum Gasteiger partial charge on any atom is -0.392 e. The molecule has 0 bridgehead atoms. The average molecular weight is 200 g/mol. The summed E-state index contributed by atoms with van der Waals surface area (Å²) in [7, 11) is 0. The van der Waals surface area contributed by atoms with Crippen molar-refractivity contribution in [2.45, 2.75) is 18.6 Å². The highest BCUT2D eigenvalue weighted by molar-refractivity contribution is 5.85. The second-order valence-electron chi connectivity index (χ2n) is 3.26. The number of hydrogen-bond donors (Lipinski definition) is 2. The lowest BCUT2D eigenvalue weighted by molar-refractivity contribution is 0.193. The van der Waals surface area contributed by atoms with E-state index in [-0.39, 0.29) is 18.5 Å². The largest absolute Gasteiger partial charge is 0.392 e. The number of nitrogens with one attached hydrogen (secondary N) is 1. The Kier molecular flexibility index (Phi) is 3.72. The van der Waals surface area contributed by atoms with Gasteiger partial charge in [0.2, 0.25) is 0 Å². The monoisotopic (exact) mass is 199 g/mol. The Hall–Kier alpha value is -0.570. The van der Waals surface area contributed by atoms with Crippen molar-refractivity contribution in [3.63, 3.8) is 0 Å². The summed E-state index contributed by atoms with van der Waals surface area (Å²) in [5.74, 6) is 0. The van der Waals surface area contributed by atoms with E-state index in [1.165, 1.54) is 5.56 Å². The fourth-order valence-corrected chi connectivity index (χ4v) is 1.66. The lowest BCUT2D eigenvalue weighted by atomic mass is 10.1. The number of aliphatic hydroxyl groups is 1. The maximum atomic E-state index is 9.30. The molecule has 0 aromatic heterocycles. The van der Waals surface area contributed by atoms with Crippen LogP contribution >= 0.6 is 12.4 Å². The Bertz CT molecular complexity index is 252. The van der Waals surface area contributed by atoms with Crippen molar-refractivity contribution in [3.8, 4) is 0 Å². The molecule has 2 rings (SSSR count). The minimum atomic E-state index is -0.171. The van der Waals surface area contributed by atoms with E-state index < -0.39 is 0 Å². The van der Waals surface area contributed by atoms with Crippen LogP contribution in [0.3, 0.4) is 0 Å². The van der Waals surface area contributed by atoms with Gasteiger partial charge in [0.15, 0.2) is 0 Å². The summed E-state index contributed by atoms with van der Waals surface area (Å²) in [6, 6.07) is 10.6. The molecule has 2 nitrogen and oxygen atoms in total. The van der Waals surface area contributed by atoms with E-state index >= 15 is 0 Å². The minimum absolute atomic E-state index is 0. The second-order valence-corrected chi connectivity index (χ2v) is 3.26. The van der Waals surface area contributed by atoms with E-state index in [2.05, 4.69) is 17.4 Å². The third-order valence-electron chi connectivity index (χ3n) is 2.31. The molecule has 1 aromatic rings. The van der Waals surface area contributed by atoms with Crippen LogP contribution in [-0.4, -0.2) is 17.8 Å². The molecule has 1 aliphatic rings. The zero-order valence-electron chi connectivity index (χ0n) is 7.31. The molecule has 72 valence electrons. The van der Waals surface area contributed by atoms with Gasteiger partial charge in [-0.3, -0.25) is 0 Å². The van der Waals surface area contributed by atoms with Gasteiger partial charge in [-0.2, -0.15) is 0 Å². The van der Waals surface area contributed by atoms with Crippen LogP contribution in [0.25, 0.3) is 0 Å². The molecule has 0 aliphatic carbocycles. The highest BCUT2D eigenvalue weighted by Crippen LogP contribution is 2.22. The quantitative estimate of drug-likeness (QED) is 0.719. The molecule has 0 amide bonds. The molecule has 13 heavy (non-hydrogen) atoms. The fraction of sp³-hybridized carbons (Fsp3) is 0.400. The molecule has 0 saturated carbocycles. The predicted octanol–water partition coefficient (Wildman–Crippen LogP) is 1.50. The van der Waals surface area contributed by atoms with Crippen LogP contribution in [0.15, 0.2) is 30.3 Å². The predicted molar refractivity (Wildman–Crippen MR) is 55.1 cm³/mol. The smallest absolute Gasteiger partial charge is 0.0682 e. The molecule has 1 saturated heterocycles. The number of rotatable bonds is 1. The summed E-state index contributed by atoms with van der Waals surface area (Å²) in [5, 5.41) is 12.6. The van der Waals surface area contributed by atoms with Crippen molar-refractivity contribution in [1.29, 1.82) is 0 Å². The Labute approximate surface area is 84.4 Å². The molecular formula is C10H14ClNO. The molecule has 1 aliphatic heterocycles. The first kappa shape index (κ1) is 10.5. The van der Waals surface area contributed by atoms with Crippen LogP contribution in [0, 0.1) is 0 Å². The van der Waals surface area contributed by atoms with Crippen molar-refractivity contribution in [3.05, 3.63) is 35.9 Å². The standard InChI is InChI=1S/C10H13NO.ClH/c12-9-6-10(11-7-9)8-4-2-1-3-5-8;/h1-5,9-12H,6-7H2;1H/t9-,10-;/m1./s1. The summed E-state index contributed by atoms with van der Waals surface area (Å²) < 4.78 is 0. The van der Waals surface area contributed by atoms with Crippen LogP contribution < -0.4 is 5.32 Å². The van der Waals surface area contributed by atoms with Crippen LogP contribution in [-0.2, 0) is 0 Å². The zero-order chi connectivity index (χ0) is 8.39. The zero-order valence-corrected chi connectivity index (χ0v) is 8.13. The van der Waals surface area contributed by atoms with E-state index in [1.807, 2.05) is 18.2 Å². The van der Waals surface area contributed by atoms with E-state index in [4.69, 9.17) is 0 Å². The second kappa shape index (κ2) is 4.61. The third kappa shape index (κ3) is 2.44. The molecule has 2 atom stereocenters. The van der Waals surface area contributed by atoms with Gasteiger partial charge in [-0.1, -0.05) is 30.3 Å². The van der Waals surface area contributed by atoms with Gasteiger partial charge < -0.3 is 10.4 Å². The Morgan fingerprint density at radius 1 is 1.23 bits per heavy atom. The first-order chi connectivity index (χ1) is 5.86. The third-order valence-corrected chi connectivity index (χ3v) is 2.31. The Morgan fingerprint density at radius 2 is 1.92 bits per heavy atom. The maximum absolute atomic E-state index is 9.30. The summed E-state index contributed by atoms with van der Waals surface area (Å²) in [4.78, 5) is 0.